The summed E-state index contributed by atoms with van der Waals surface area (Å²) in [7, 11) is 5.31. The highest BCUT2D eigenvalue weighted by atomic mass is 127. The molecule has 0 saturated heterocycles. The van der Waals surface area contributed by atoms with Crippen molar-refractivity contribution in [2.75, 3.05) is 34.2 Å². The van der Waals surface area contributed by atoms with Crippen LogP contribution in [-0.4, -0.2) is 62.9 Å². The van der Waals surface area contributed by atoms with Gasteiger partial charge in [0.1, 0.15) is 0 Å². The van der Waals surface area contributed by atoms with E-state index in [1.54, 1.807) is 11.9 Å². The lowest BCUT2D eigenvalue weighted by molar-refractivity contribution is -0.138. The Balaban J connectivity index is 0.00000576. The molecule has 0 aromatic carbocycles. The summed E-state index contributed by atoms with van der Waals surface area (Å²) in [5.74, 6) is 0.826. The van der Waals surface area contributed by atoms with Crippen LogP contribution in [0.2, 0.25) is 0 Å². The van der Waals surface area contributed by atoms with E-state index in [1.165, 1.54) is 0 Å². The van der Waals surface area contributed by atoms with Crippen LogP contribution < -0.4 is 16.0 Å². The lowest BCUT2D eigenvalue weighted by atomic mass is 9.84. The zero-order valence-corrected chi connectivity index (χ0v) is 18.5. The van der Waals surface area contributed by atoms with E-state index in [4.69, 9.17) is 0 Å². The molecule has 1 fully saturated rings. The predicted molar refractivity (Wildman–Crippen MR) is 112 cm³/mol. The summed E-state index contributed by atoms with van der Waals surface area (Å²) in [5, 5.41) is 9.25. The molecule has 0 aromatic heterocycles. The first-order chi connectivity index (χ1) is 11.3. The van der Waals surface area contributed by atoms with Crippen LogP contribution in [0.3, 0.4) is 0 Å². The van der Waals surface area contributed by atoms with Gasteiger partial charge >= 0.3 is 0 Å². The second-order valence-corrected chi connectivity index (χ2v) is 7.01. The first-order valence-electron chi connectivity index (χ1n) is 8.76. The fraction of sp³-hybridized carbons (Fsp3) is 0.824. The normalized spacial score (nSPS) is 16.2. The van der Waals surface area contributed by atoms with Crippen molar-refractivity contribution in [1.82, 2.24) is 20.9 Å². The number of nitrogens with one attached hydrogen (secondary N) is 3. The number of amides is 2. The van der Waals surface area contributed by atoms with Gasteiger partial charge in [-0.15, -0.1) is 24.0 Å². The Morgan fingerprint density at radius 1 is 1.16 bits per heavy atom. The Labute approximate surface area is 168 Å². The lowest BCUT2D eigenvalue weighted by Crippen LogP contribution is -2.49. The van der Waals surface area contributed by atoms with Gasteiger partial charge in [0.15, 0.2) is 5.96 Å². The zero-order chi connectivity index (χ0) is 18.2. The molecule has 7 nitrogen and oxygen atoms in total. The van der Waals surface area contributed by atoms with E-state index in [0.717, 1.165) is 25.7 Å². The highest BCUT2D eigenvalue weighted by Crippen LogP contribution is 2.38. The number of aliphatic imine (C=N–C) groups is 1. The molecule has 1 saturated carbocycles. The van der Waals surface area contributed by atoms with Gasteiger partial charge in [-0.2, -0.15) is 0 Å². The Bertz CT molecular complexity index is 460. The lowest BCUT2D eigenvalue weighted by Gasteiger charge is -2.31. The summed E-state index contributed by atoms with van der Waals surface area (Å²) >= 11 is 0. The fourth-order valence-corrected chi connectivity index (χ4v) is 3.15. The average Bonchev–Trinajstić information content (AvgIpc) is 2.99. The zero-order valence-electron chi connectivity index (χ0n) is 16.1. The molecule has 3 N–H and O–H groups in total. The van der Waals surface area contributed by atoms with Gasteiger partial charge in [-0.05, 0) is 26.7 Å². The molecule has 1 aliphatic rings. The summed E-state index contributed by atoms with van der Waals surface area (Å²) in [6.07, 6.45) is 4.38. The maximum atomic E-state index is 12.5. The van der Waals surface area contributed by atoms with Crippen molar-refractivity contribution in [2.45, 2.75) is 52.0 Å². The number of guanidine groups is 1. The molecule has 0 heterocycles. The van der Waals surface area contributed by atoms with Gasteiger partial charge in [0, 0.05) is 46.7 Å². The summed E-state index contributed by atoms with van der Waals surface area (Å²) in [6, 6.07) is 0.147. The highest BCUT2D eigenvalue weighted by molar-refractivity contribution is 14.0. The van der Waals surface area contributed by atoms with Gasteiger partial charge in [-0.1, -0.05) is 12.8 Å². The molecule has 0 atom stereocenters. The number of hydrogen-bond acceptors (Lipinski definition) is 3. The van der Waals surface area contributed by atoms with Crippen molar-refractivity contribution in [3.8, 4) is 0 Å². The molecule has 0 radical (unpaired) electrons. The van der Waals surface area contributed by atoms with Gasteiger partial charge in [-0.3, -0.25) is 14.6 Å². The Kier molecular flexibility index (Phi) is 11.0. The van der Waals surface area contributed by atoms with Gasteiger partial charge in [0.2, 0.25) is 11.8 Å². The Hall–Kier alpha value is -1.06. The van der Waals surface area contributed by atoms with Crippen LogP contribution >= 0.6 is 24.0 Å². The molecule has 25 heavy (non-hydrogen) atoms. The second kappa shape index (κ2) is 11.5. The van der Waals surface area contributed by atoms with E-state index in [2.05, 4.69) is 20.9 Å². The minimum Gasteiger partial charge on any atom is -0.356 e. The molecule has 0 unspecified atom stereocenters. The summed E-state index contributed by atoms with van der Waals surface area (Å²) < 4.78 is 0. The van der Waals surface area contributed by atoms with Gasteiger partial charge in [0.25, 0.3) is 0 Å². The molecule has 146 valence electrons. The maximum absolute atomic E-state index is 12.5. The third-order valence-corrected chi connectivity index (χ3v) is 4.33. The minimum atomic E-state index is -0.337. The molecular formula is C17H34IN5O2. The van der Waals surface area contributed by atoms with Crippen molar-refractivity contribution >= 4 is 41.8 Å². The number of hydrogen-bond donors (Lipinski definition) is 3. The Morgan fingerprint density at radius 2 is 1.76 bits per heavy atom. The molecule has 0 aromatic rings. The maximum Gasteiger partial charge on any atom is 0.230 e. The molecule has 0 spiro atoms. The third-order valence-electron chi connectivity index (χ3n) is 4.33. The van der Waals surface area contributed by atoms with E-state index in [-0.39, 0.29) is 47.2 Å². The molecule has 8 heteroatoms. The first-order valence-corrected chi connectivity index (χ1v) is 8.76. The summed E-state index contributed by atoms with van der Waals surface area (Å²) in [6.45, 7) is 4.96. The van der Waals surface area contributed by atoms with Crippen molar-refractivity contribution in [3.63, 3.8) is 0 Å². The minimum absolute atomic E-state index is 0. The molecule has 1 rings (SSSR count). The van der Waals surface area contributed by atoms with Crippen LogP contribution in [0.4, 0.5) is 0 Å². The van der Waals surface area contributed by atoms with E-state index >= 15 is 0 Å². The number of halogens is 1. The Morgan fingerprint density at radius 3 is 2.24 bits per heavy atom. The van der Waals surface area contributed by atoms with Gasteiger partial charge in [-0.25, -0.2) is 0 Å². The van der Waals surface area contributed by atoms with Crippen LogP contribution in [0.25, 0.3) is 0 Å². The number of carbonyl (C=O) groups is 2. The van der Waals surface area contributed by atoms with Crippen LogP contribution in [0.15, 0.2) is 4.99 Å². The quantitative estimate of drug-likeness (QED) is 0.300. The standard InChI is InChI=1S/C17H33N5O2.HI/c1-13(2)21-14(23)8-11-19-16(18-3)20-12-17(9-6-7-10-17)15(24)22(4)5;/h13H,6-12H2,1-5H3,(H,21,23)(H2,18,19,20);1H. The second-order valence-electron chi connectivity index (χ2n) is 7.01. The summed E-state index contributed by atoms with van der Waals surface area (Å²) in [5.41, 5.74) is -0.337. The molecule has 0 bridgehead atoms. The third kappa shape index (κ3) is 7.79. The molecule has 2 amide bonds. The van der Waals surface area contributed by atoms with E-state index in [9.17, 15) is 9.59 Å². The van der Waals surface area contributed by atoms with Crippen LogP contribution in [0, 0.1) is 5.41 Å². The SMILES string of the molecule is CN=C(NCCC(=O)NC(C)C)NCC1(C(=O)N(C)C)CCCC1.I. The van der Waals surface area contributed by atoms with Gasteiger partial charge < -0.3 is 20.9 Å². The van der Waals surface area contributed by atoms with E-state index in [1.807, 2.05) is 27.9 Å². The number of nitrogens with zero attached hydrogens (tertiary/aromatic N) is 2. The monoisotopic (exact) mass is 467 g/mol. The van der Waals surface area contributed by atoms with Crippen LogP contribution in [0.5, 0.6) is 0 Å². The summed E-state index contributed by atoms with van der Waals surface area (Å²) in [4.78, 5) is 30.1. The van der Waals surface area contributed by atoms with E-state index in [0.29, 0.717) is 25.5 Å². The van der Waals surface area contributed by atoms with Crippen molar-refractivity contribution in [2.24, 2.45) is 10.4 Å². The number of carbonyl (C=O) groups excluding carboxylic acids is 2. The van der Waals surface area contributed by atoms with Crippen molar-refractivity contribution in [1.29, 1.82) is 0 Å². The van der Waals surface area contributed by atoms with E-state index < -0.39 is 0 Å². The highest BCUT2D eigenvalue weighted by Gasteiger charge is 2.42. The van der Waals surface area contributed by atoms with Gasteiger partial charge in [0.05, 0.1) is 5.41 Å². The largest absolute Gasteiger partial charge is 0.356 e. The molecular weight excluding hydrogens is 433 g/mol. The van der Waals surface area contributed by atoms with Crippen molar-refractivity contribution < 1.29 is 9.59 Å². The predicted octanol–water partition coefficient (Wildman–Crippen LogP) is 1.33. The van der Waals surface area contributed by atoms with Crippen LogP contribution in [-0.2, 0) is 9.59 Å². The van der Waals surface area contributed by atoms with Crippen LogP contribution in [0.1, 0.15) is 46.0 Å². The molecule has 1 aliphatic carbocycles. The van der Waals surface area contributed by atoms with Crippen molar-refractivity contribution in [3.05, 3.63) is 0 Å². The molecule has 0 aliphatic heterocycles. The number of rotatable bonds is 7. The topological polar surface area (TPSA) is 85.8 Å². The fourth-order valence-electron chi connectivity index (χ4n) is 3.15. The average molecular weight is 467 g/mol. The first kappa shape index (κ1) is 23.9. The smallest absolute Gasteiger partial charge is 0.230 e.